The van der Waals surface area contributed by atoms with Gasteiger partial charge in [-0.15, -0.1) is 0 Å². The lowest BCUT2D eigenvalue weighted by atomic mass is 9.76. The summed E-state index contributed by atoms with van der Waals surface area (Å²) >= 11 is 0. The van der Waals surface area contributed by atoms with Crippen LogP contribution < -0.4 is 4.74 Å². The molecular formula is C23H25N3O. The number of fused-ring (bicyclic) bond motifs is 8. The Bertz CT molecular complexity index is 929. The third kappa shape index (κ3) is 2.16. The van der Waals surface area contributed by atoms with Crippen LogP contribution in [0.5, 0.6) is 5.75 Å². The highest BCUT2D eigenvalue weighted by Crippen LogP contribution is 2.54. The highest BCUT2D eigenvalue weighted by molar-refractivity contribution is 6.05. The molecule has 138 valence electrons. The Labute approximate surface area is 160 Å². The molecule has 1 aliphatic carbocycles. The molecule has 2 aromatic rings. The third-order valence-corrected chi connectivity index (χ3v) is 6.95. The van der Waals surface area contributed by atoms with Gasteiger partial charge >= 0.3 is 0 Å². The molecule has 0 unspecified atom stereocenters. The van der Waals surface area contributed by atoms with Gasteiger partial charge in [-0.25, -0.2) is 5.01 Å². The van der Waals surface area contributed by atoms with E-state index < -0.39 is 0 Å². The first-order valence-electron chi connectivity index (χ1n) is 10.2. The van der Waals surface area contributed by atoms with Crippen molar-refractivity contribution in [3.05, 3.63) is 65.2 Å². The summed E-state index contributed by atoms with van der Waals surface area (Å²) in [5.41, 5.74) is 5.08. The van der Waals surface area contributed by atoms with E-state index in [0.29, 0.717) is 12.0 Å². The number of rotatable bonds is 0. The second-order valence-corrected chi connectivity index (χ2v) is 8.47. The first-order chi connectivity index (χ1) is 13.3. The zero-order valence-electron chi connectivity index (χ0n) is 15.8. The van der Waals surface area contributed by atoms with Crippen molar-refractivity contribution in [2.24, 2.45) is 11.0 Å². The molecule has 0 aromatic heterocycles. The number of para-hydroxylation sites is 1. The van der Waals surface area contributed by atoms with E-state index in [1.54, 1.807) is 0 Å². The van der Waals surface area contributed by atoms with Crippen LogP contribution in [0.4, 0.5) is 0 Å². The molecule has 3 heterocycles. The predicted molar refractivity (Wildman–Crippen MR) is 106 cm³/mol. The highest BCUT2D eigenvalue weighted by atomic mass is 16.5. The molecule has 1 spiro atoms. The number of benzene rings is 2. The maximum Gasteiger partial charge on any atom is 0.200 e. The van der Waals surface area contributed by atoms with Gasteiger partial charge in [0, 0.05) is 43.0 Å². The topological polar surface area (TPSA) is 28.1 Å². The van der Waals surface area contributed by atoms with Crippen LogP contribution in [0.1, 0.15) is 42.0 Å². The van der Waals surface area contributed by atoms with Crippen LogP contribution in [0.15, 0.2) is 53.6 Å². The lowest BCUT2D eigenvalue weighted by Gasteiger charge is -2.51. The number of ether oxygens (including phenoxy) is 1. The van der Waals surface area contributed by atoms with E-state index in [-0.39, 0.29) is 5.72 Å². The molecule has 0 bridgehead atoms. The SMILES string of the molecule is CN1CCC2(CC1)Oc1ccccc1[C@@H]1[C@H]3CCc4ccccc4C3=NN12. The van der Waals surface area contributed by atoms with Crippen molar-refractivity contribution in [3.8, 4) is 5.75 Å². The van der Waals surface area contributed by atoms with Gasteiger partial charge in [0.15, 0.2) is 0 Å². The van der Waals surface area contributed by atoms with Gasteiger partial charge in [0.2, 0.25) is 5.72 Å². The van der Waals surface area contributed by atoms with Gasteiger partial charge in [-0.1, -0.05) is 42.5 Å². The monoisotopic (exact) mass is 359 g/mol. The zero-order valence-corrected chi connectivity index (χ0v) is 15.8. The third-order valence-electron chi connectivity index (χ3n) is 6.95. The van der Waals surface area contributed by atoms with Gasteiger partial charge in [-0.05, 0) is 31.5 Å². The van der Waals surface area contributed by atoms with Gasteiger partial charge in [0.1, 0.15) is 5.75 Å². The van der Waals surface area contributed by atoms with Crippen LogP contribution >= 0.6 is 0 Å². The quantitative estimate of drug-likeness (QED) is 0.716. The normalized spacial score (nSPS) is 27.9. The number of likely N-dealkylation sites (tertiary alicyclic amines) is 1. The molecular weight excluding hydrogens is 334 g/mol. The Hall–Kier alpha value is -2.33. The smallest absolute Gasteiger partial charge is 0.200 e. The van der Waals surface area contributed by atoms with Gasteiger partial charge in [-0.3, -0.25) is 0 Å². The Balaban J connectivity index is 1.51. The fourth-order valence-corrected chi connectivity index (χ4v) is 5.48. The second kappa shape index (κ2) is 5.59. The molecule has 2 atom stereocenters. The summed E-state index contributed by atoms with van der Waals surface area (Å²) in [7, 11) is 2.20. The minimum absolute atomic E-state index is 0.301. The molecule has 1 saturated heterocycles. The van der Waals surface area contributed by atoms with E-state index in [9.17, 15) is 0 Å². The van der Waals surface area contributed by atoms with Crippen molar-refractivity contribution < 1.29 is 4.74 Å². The molecule has 2 aromatic carbocycles. The Morgan fingerprint density at radius 3 is 2.70 bits per heavy atom. The van der Waals surface area contributed by atoms with E-state index >= 15 is 0 Å². The molecule has 27 heavy (non-hydrogen) atoms. The molecule has 0 amide bonds. The van der Waals surface area contributed by atoms with Gasteiger partial charge in [0.25, 0.3) is 0 Å². The summed E-state index contributed by atoms with van der Waals surface area (Å²) < 4.78 is 6.71. The maximum atomic E-state index is 6.71. The number of aryl methyl sites for hydroxylation is 1. The fraction of sp³-hybridized carbons (Fsp3) is 0.435. The summed E-state index contributed by atoms with van der Waals surface area (Å²) in [6, 6.07) is 17.8. The standard InChI is InChI=1S/C23H25N3O/c1-25-14-12-23(13-15-25)26-22(18-8-4-5-9-20(18)27-23)19-11-10-16-6-2-3-7-17(16)21(19)24-26/h2-9,19,22H,10-15H2,1H3/t19-,22+/m0/s1. The lowest BCUT2D eigenvalue weighted by molar-refractivity contribution is -0.153. The molecule has 0 radical (unpaired) electrons. The molecule has 1 fully saturated rings. The molecule has 3 aliphatic heterocycles. The van der Waals surface area contributed by atoms with Crippen LogP contribution in [-0.4, -0.2) is 41.5 Å². The second-order valence-electron chi connectivity index (χ2n) is 8.47. The average molecular weight is 359 g/mol. The van der Waals surface area contributed by atoms with Crippen molar-refractivity contribution in [3.63, 3.8) is 0 Å². The van der Waals surface area contributed by atoms with Gasteiger partial charge in [0.05, 0.1) is 11.8 Å². The van der Waals surface area contributed by atoms with Crippen LogP contribution in [-0.2, 0) is 6.42 Å². The Kier molecular flexibility index (Phi) is 3.25. The van der Waals surface area contributed by atoms with Crippen molar-refractivity contribution in [2.75, 3.05) is 20.1 Å². The first-order valence-corrected chi connectivity index (χ1v) is 10.2. The Morgan fingerprint density at radius 2 is 1.81 bits per heavy atom. The number of hydrogen-bond acceptors (Lipinski definition) is 4. The molecule has 4 nitrogen and oxygen atoms in total. The van der Waals surface area contributed by atoms with E-state index in [1.165, 1.54) is 28.8 Å². The summed E-state index contributed by atoms with van der Waals surface area (Å²) in [4.78, 5) is 2.40. The van der Waals surface area contributed by atoms with E-state index in [0.717, 1.165) is 38.1 Å². The fourth-order valence-electron chi connectivity index (χ4n) is 5.48. The van der Waals surface area contributed by atoms with Gasteiger partial charge in [-0.2, -0.15) is 5.10 Å². The van der Waals surface area contributed by atoms with E-state index in [4.69, 9.17) is 9.84 Å². The summed E-state index contributed by atoms with van der Waals surface area (Å²) in [6.07, 6.45) is 4.31. The largest absolute Gasteiger partial charge is 0.466 e. The number of nitrogens with zero attached hydrogens (tertiary/aromatic N) is 3. The van der Waals surface area contributed by atoms with Gasteiger partial charge < -0.3 is 9.64 Å². The zero-order chi connectivity index (χ0) is 18.0. The number of hydrogen-bond donors (Lipinski definition) is 0. The van der Waals surface area contributed by atoms with Crippen LogP contribution in [0.25, 0.3) is 0 Å². The van der Waals surface area contributed by atoms with Crippen molar-refractivity contribution in [1.82, 2.24) is 9.91 Å². The number of piperidine rings is 1. The summed E-state index contributed by atoms with van der Waals surface area (Å²) in [5, 5.41) is 7.65. The first kappa shape index (κ1) is 15.7. The molecule has 4 heteroatoms. The van der Waals surface area contributed by atoms with Crippen molar-refractivity contribution in [2.45, 2.75) is 37.5 Å². The molecule has 6 rings (SSSR count). The molecule has 0 N–H and O–H groups in total. The minimum atomic E-state index is -0.301. The average Bonchev–Trinajstić information content (AvgIpc) is 3.12. The van der Waals surface area contributed by atoms with Crippen LogP contribution in [0, 0.1) is 5.92 Å². The highest BCUT2D eigenvalue weighted by Gasteiger charge is 2.55. The van der Waals surface area contributed by atoms with Crippen molar-refractivity contribution in [1.29, 1.82) is 0 Å². The van der Waals surface area contributed by atoms with E-state index in [2.05, 4.69) is 65.5 Å². The number of hydrazone groups is 1. The molecule has 0 saturated carbocycles. The van der Waals surface area contributed by atoms with Crippen LogP contribution in [0.3, 0.4) is 0 Å². The summed E-state index contributed by atoms with van der Waals surface area (Å²) in [6.45, 7) is 2.11. The molecule has 4 aliphatic rings. The van der Waals surface area contributed by atoms with E-state index in [1.807, 2.05) is 0 Å². The lowest BCUT2D eigenvalue weighted by Crippen LogP contribution is -2.59. The summed E-state index contributed by atoms with van der Waals surface area (Å²) in [5.74, 6) is 1.53. The predicted octanol–water partition coefficient (Wildman–Crippen LogP) is 3.82. The Morgan fingerprint density at radius 1 is 1.04 bits per heavy atom. The van der Waals surface area contributed by atoms with Crippen molar-refractivity contribution >= 4 is 5.71 Å². The maximum absolute atomic E-state index is 6.71. The van der Waals surface area contributed by atoms with Crippen LogP contribution in [0.2, 0.25) is 0 Å². The minimum Gasteiger partial charge on any atom is -0.466 e.